The van der Waals surface area contributed by atoms with Gasteiger partial charge in [0.25, 0.3) is 0 Å². The molecule has 0 bridgehead atoms. The lowest BCUT2D eigenvalue weighted by molar-refractivity contribution is 0.0697. The zero-order chi connectivity index (χ0) is 14.8. The molecule has 0 radical (unpaired) electrons. The van der Waals surface area contributed by atoms with Crippen LogP contribution in [-0.4, -0.2) is 19.4 Å². The van der Waals surface area contributed by atoms with Crippen LogP contribution in [0.4, 0.5) is 0 Å². The van der Waals surface area contributed by atoms with E-state index in [0.29, 0.717) is 5.56 Å². The molecule has 4 heteroatoms. The molecule has 0 aliphatic heterocycles. The quantitative estimate of drug-likeness (QED) is 0.854. The molecule has 0 aromatic heterocycles. The van der Waals surface area contributed by atoms with Gasteiger partial charge in [-0.05, 0) is 55.0 Å². The van der Waals surface area contributed by atoms with Crippen LogP contribution in [0.25, 0.3) is 11.1 Å². The molecule has 0 aliphatic carbocycles. The fourth-order valence-corrected chi connectivity index (χ4v) is 2.72. The normalized spacial score (nSPS) is 11.2. The van der Waals surface area contributed by atoms with E-state index < -0.39 is 14.3 Å². The zero-order valence-corrected chi connectivity index (χ0v) is 12.9. The summed E-state index contributed by atoms with van der Waals surface area (Å²) >= 11 is 0. The third-order valence-corrected chi connectivity index (χ3v) is 3.59. The third kappa shape index (κ3) is 3.71. The lowest BCUT2D eigenvalue weighted by Gasteiger charge is -2.19. The smallest absolute Gasteiger partial charge is 0.335 e. The van der Waals surface area contributed by atoms with Gasteiger partial charge in [-0.15, -0.1) is 0 Å². The molecule has 2 aromatic carbocycles. The van der Waals surface area contributed by atoms with Crippen LogP contribution in [-0.2, 0) is 0 Å². The van der Waals surface area contributed by atoms with E-state index in [1.165, 1.54) is 0 Å². The molecule has 0 heterocycles. The zero-order valence-electron chi connectivity index (χ0n) is 11.9. The number of carboxylic acids is 1. The number of carboxylic acid groups (broad SMARTS) is 1. The first-order chi connectivity index (χ1) is 9.35. The summed E-state index contributed by atoms with van der Waals surface area (Å²) in [6.45, 7) is 6.43. The van der Waals surface area contributed by atoms with Crippen molar-refractivity contribution in [2.45, 2.75) is 19.6 Å². The number of rotatable bonds is 4. The summed E-state index contributed by atoms with van der Waals surface area (Å²) in [6.07, 6.45) is 0. The fourth-order valence-electron chi connectivity index (χ4n) is 1.87. The first kappa shape index (κ1) is 14.3. The van der Waals surface area contributed by atoms with Crippen LogP contribution < -0.4 is 4.43 Å². The van der Waals surface area contributed by atoms with Gasteiger partial charge in [0.15, 0.2) is 0 Å². The summed E-state index contributed by atoms with van der Waals surface area (Å²) in [5.74, 6) is -0.0227. The molecular formula is C16H18O3Si. The summed E-state index contributed by atoms with van der Waals surface area (Å²) < 4.78 is 5.90. The summed E-state index contributed by atoms with van der Waals surface area (Å²) in [6, 6.07) is 14.8. The van der Waals surface area contributed by atoms with Crippen LogP contribution >= 0.6 is 0 Å². The minimum absolute atomic E-state index is 0.299. The minimum Gasteiger partial charge on any atom is -0.544 e. The van der Waals surface area contributed by atoms with E-state index in [9.17, 15) is 4.79 Å². The third-order valence-electron chi connectivity index (χ3n) is 2.74. The van der Waals surface area contributed by atoms with Crippen molar-refractivity contribution >= 4 is 14.3 Å². The Morgan fingerprint density at radius 1 is 0.900 bits per heavy atom. The molecule has 2 rings (SSSR count). The first-order valence-electron chi connectivity index (χ1n) is 6.48. The van der Waals surface area contributed by atoms with E-state index in [1.54, 1.807) is 12.1 Å². The van der Waals surface area contributed by atoms with Gasteiger partial charge in [-0.25, -0.2) is 4.79 Å². The van der Waals surface area contributed by atoms with Crippen molar-refractivity contribution in [2.24, 2.45) is 0 Å². The van der Waals surface area contributed by atoms with E-state index >= 15 is 0 Å². The number of hydrogen-bond acceptors (Lipinski definition) is 2. The Morgan fingerprint density at radius 3 is 1.75 bits per heavy atom. The van der Waals surface area contributed by atoms with Crippen molar-refractivity contribution in [1.82, 2.24) is 0 Å². The Balaban J connectivity index is 2.19. The molecule has 20 heavy (non-hydrogen) atoms. The molecule has 0 spiro atoms. The molecule has 3 nitrogen and oxygen atoms in total. The second kappa shape index (κ2) is 5.51. The SMILES string of the molecule is C[Si](C)(C)Oc1ccc(-c2ccc(C(=O)O)cc2)cc1. The molecule has 0 amide bonds. The van der Waals surface area contributed by atoms with Crippen molar-refractivity contribution in [3.8, 4) is 16.9 Å². The topological polar surface area (TPSA) is 46.5 Å². The molecule has 2 aromatic rings. The second-order valence-corrected chi connectivity index (χ2v) is 10.1. The Bertz CT molecular complexity index is 595. The van der Waals surface area contributed by atoms with Crippen molar-refractivity contribution in [3.63, 3.8) is 0 Å². The largest absolute Gasteiger partial charge is 0.544 e. The molecule has 0 aliphatic rings. The highest BCUT2D eigenvalue weighted by molar-refractivity contribution is 6.70. The highest BCUT2D eigenvalue weighted by atomic mass is 28.4. The van der Waals surface area contributed by atoms with Crippen LogP contribution in [0.5, 0.6) is 5.75 Å². The van der Waals surface area contributed by atoms with E-state index in [1.807, 2.05) is 36.4 Å². The van der Waals surface area contributed by atoms with Crippen molar-refractivity contribution in [2.75, 3.05) is 0 Å². The van der Waals surface area contributed by atoms with Crippen LogP contribution in [0.15, 0.2) is 48.5 Å². The predicted octanol–water partition coefficient (Wildman–Crippen LogP) is 4.27. The Labute approximate surface area is 120 Å². The van der Waals surface area contributed by atoms with Crippen molar-refractivity contribution < 1.29 is 14.3 Å². The standard InChI is InChI=1S/C16H18O3Si/c1-20(2,3)19-15-10-8-13(9-11-15)12-4-6-14(7-5-12)16(17)18/h4-11H,1-3H3,(H,17,18). The van der Waals surface area contributed by atoms with Gasteiger partial charge >= 0.3 is 5.97 Å². The van der Waals surface area contributed by atoms with Gasteiger partial charge in [-0.3, -0.25) is 0 Å². The first-order valence-corrected chi connectivity index (χ1v) is 9.89. The van der Waals surface area contributed by atoms with E-state index in [-0.39, 0.29) is 0 Å². The van der Waals surface area contributed by atoms with Gasteiger partial charge in [-0.2, -0.15) is 0 Å². The number of benzene rings is 2. The van der Waals surface area contributed by atoms with Crippen LogP contribution in [0.2, 0.25) is 19.6 Å². The number of aromatic carboxylic acids is 1. The van der Waals surface area contributed by atoms with Crippen LogP contribution in [0, 0.1) is 0 Å². The van der Waals surface area contributed by atoms with Gasteiger partial charge in [-0.1, -0.05) is 24.3 Å². The lowest BCUT2D eigenvalue weighted by Crippen LogP contribution is -2.29. The predicted molar refractivity (Wildman–Crippen MR) is 82.8 cm³/mol. The van der Waals surface area contributed by atoms with E-state index in [2.05, 4.69) is 19.6 Å². The average molecular weight is 286 g/mol. The molecule has 1 N–H and O–H groups in total. The average Bonchev–Trinajstić information content (AvgIpc) is 2.38. The lowest BCUT2D eigenvalue weighted by atomic mass is 10.0. The Hall–Kier alpha value is -2.07. The molecule has 0 saturated carbocycles. The maximum absolute atomic E-state index is 10.8. The van der Waals surface area contributed by atoms with E-state index in [4.69, 9.17) is 9.53 Å². The van der Waals surface area contributed by atoms with Crippen molar-refractivity contribution in [3.05, 3.63) is 54.1 Å². The number of hydrogen-bond donors (Lipinski definition) is 1. The number of carbonyl (C=O) groups is 1. The van der Waals surface area contributed by atoms with Gasteiger partial charge in [0.05, 0.1) is 5.56 Å². The Morgan fingerprint density at radius 2 is 1.35 bits per heavy atom. The molecule has 0 atom stereocenters. The maximum atomic E-state index is 10.8. The van der Waals surface area contributed by atoms with Crippen LogP contribution in [0.1, 0.15) is 10.4 Å². The molecule has 0 saturated heterocycles. The van der Waals surface area contributed by atoms with Gasteiger partial charge < -0.3 is 9.53 Å². The fraction of sp³-hybridized carbons (Fsp3) is 0.188. The highest BCUT2D eigenvalue weighted by Crippen LogP contribution is 2.24. The summed E-state index contributed by atoms with van der Waals surface area (Å²) in [5, 5.41) is 8.88. The van der Waals surface area contributed by atoms with Crippen molar-refractivity contribution in [1.29, 1.82) is 0 Å². The molecule has 0 fully saturated rings. The highest BCUT2D eigenvalue weighted by Gasteiger charge is 2.15. The monoisotopic (exact) mass is 286 g/mol. The van der Waals surface area contributed by atoms with Gasteiger partial charge in [0, 0.05) is 0 Å². The van der Waals surface area contributed by atoms with E-state index in [0.717, 1.165) is 16.9 Å². The molecule has 0 unspecified atom stereocenters. The second-order valence-electron chi connectivity index (χ2n) is 5.62. The summed E-state index contributed by atoms with van der Waals surface area (Å²) in [4.78, 5) is 10.8. The maximum Gasteiger partial charge on any atom is 0.335 e. The summed E-state index contributed by atoms with van der Waals surface area (Å²) in [7, 11) is -1.58. The Kier molecular flexibility index (Phi) is 3.95. The molecule has 104 valence electrons. The van der Waals surface area contributed by atoms with Crippen LogP contribution in [0.3, 0.4) is 0 Å². The minimum atomic E-state index is -1.58. The van der Waals surface area contributed by atoms with Gasteiger partial charge in [0.2, 0.25) is 8.32 Å². The molecular weight excluding hydrogens is 268 g/mol. The summed E-state index contributed by atoms with van der Waals surface area (Å²) in [5.41, 5.74) is 2.34. The van der Waals surface area contributed by atoms with Gasteiger partial charge in [0.1, 0.15) is 5.75 Å².